The van der Waals surface area contributed by atoms with Gasteiger partial charge in [-0.2, -0.15) is 0 Å². The summed E-state index contributed by atoms with van der Waals surface area (Å²) in [6.07, 6.45) is 1.62. The van der Waals surface area contributed by atoms with Crippen LogP contribution in [0.1, 0.15) is 5.56 Å². The van der Waals surface area contributed by atoms with Crippen LogP contribution >= 0.6 is 0 Å². The summed E-state index contributed by atoms with van der Waals surface area (Å²) in [5.74, 6) is 0.665. The molecule has 2 aromatic rings. The van der Waals surface area contributed by atoms with Crippen molar-refractivity contribution in [2.45, 2.75) is 6.54 Å². The number of benzene rings is 1. The number of furan rings is 1. The first kappa shape index (κ1) is 15.4. The van der Waals surface area contributed by atoms with Gasteiger partial charge in [0, 0.05) is 42.1 Å². The molecule has 21 heavy (non-hydrogen) atoms. The van der Waals surface area contributed by atoms with E-state index >= 15 is 0 Å². The van der Waals surface area contributed by atoms with Crippen LogP contribution in [0.25, 0.3) is 11.3 Å². The van der Waals surface area contributed by atoms with Crippen LogP contribution in [-0.4, -0.2) is 36.5 Å². The first-order chi connectivity index (χ1) is 10.2. The van der Waals surface area contributed by atoms with Gasteiger partial charge in [-0.15, -0.1) is 0 Å². The van der Waals surface area contributed by atoms with E-state index in [-0.39, 0.29) is 13.2 Å². The van der Waals surface area contributed by atoms with E-state index in [2.05, 4.69) is 0 Å². The minimum absolute atomic E-state index is 0.00395. The third-order valence-electron chi connectivity index (χ3n) is 3.26. The highest BCUT2D eigenvalue weighted by atomic mass is 16.3. The van der Waals surface area contributed by atoms with E-state index in [1.807, 2.05) is 23.1 Å². The number of aliphatic hydroxyl groups excluding tert-OH is 2. The summed E-state index contributed by atoms with van der Waals surface area (Å²) in [6.45, 7) is 1.23. The lowest BCUT2D eigenvalue weighted by atomic mass is 10.1. The van der Waals surface area contributed by atoms with Gasteiger partial charge in [-0.05, 0) is 24.3 Å². The molecule has 0 unspecified atom stereocenters. The number of nitrogen functional groups attached to an aromatic ring is 1. The van der Waals surface area contributed by atoms with Gasteiger partial charge in [0.1, 0.15) is 5.76 Å². The van der Waals surface area contributed by atoms with Gasteiger partial charge in [-0.1, -0.05) is 0 Å². The van der Waals surface area contributed by atoms with Crippen LogP contribution in [0.5, 0.6) is 0 Å². The Morgan fingerprint density at radius 1 is 1.10 bits per heavy atom. The fraction of sp³-hybridized carbons (Fsp3) is 0.333. The van der Waals surface area contributed by atoms with E-state index in [0.717, 1.165) is 16.8 Å². The summed E-state index contributed by atoms with van der Waals surface area (Å²) in [7, 11) is 0. The Hall–Kier alpha value is -2.02. The molecule has 0 amide bonds. The molecule has 0 spiro atoms. The van der Waals surface area contributed by atoms with E-state index in [1.54, 1.807) is 12.3 Å². The minimum atomic E-state index is -0.00395. The first-order valence-corrected chi connectivity index (χ1v) is 6.83. The zero-order valence-corrected chi connectivity index (χ0v) is 11.8. The number of aliphatic hydroxyl groups is 2. The molecule has 0 bridgehead atoms. The van der Waals surface area contributed by atoms with Gasteiger partial charge in [-0.3, -0.25) is 0 Å². The molecule has 0 saturated carbocycles. The average Bonchev–Trinajstić information content (AvgIpc) is 2.96. The van der Waals surface area contributed by atoms with Crippen molar-refractivity contribution in [3.8, 4) is 11.3 Å². The monoisotopic (exact) mass is 291 g/mol. The lowest BCUT2D eigenvalue weighted by Crippen LogP contribution is -2.30. The van der Waals surface area contributed by atoms with Crippen LogP contribution in [-0.2, 0) is 6.54 Å². The van der Waals surface area contributed by atoms with Gasteiger partial charge in [0.25, 0.3) is 0 Å². The highest BCUT2D eigenvalue weighted by molar-refractivity contribution is 5.79. The number of hydrogen-bond donors (Lipinski definition) is 4. The van der Waals surface area contributed by atoms with Crippen LogP contribution in [0.4, 0.5) is 11.4 Å². The number of hydrogen-bond acceptors (Lipinski definition) is 6. The molecule has 0 fully saturated rings. The molecule has 0 aliphatic carbocycles. The summed E-state index contributed by atoms with van der Waals surface area (Å²) in [5.41, 5.74) is 14.7. The quantitative estimate of drug-likeness (QED) is 0.561. The van der Waals surface area contributed by atoms with E-state index in [1.165, 1.54) is 0 Å². The average molecular weight is 291 g/mol. The Labute approximate surface area is 123 Å². The maximum absolute atomic E-state index is 9.19. The van der Waals surface area contributed by atoms with Crippen molar-refractivity contribution in [3.05, 3.63) is 36.1 Å². The van der Waals surface area contributed by atoms with Gasteiger partial charge < -0.3 is 31.0 Å². The molecule has 1 aromatic carbocycles. The molecule has 0 aliphatic heterocycles. The normalized spacial score (nSPS) is 10.8. The minimum Gasteiger partial charge on any atom is -0.464 e. The number of rotatable bonds is 7. The van der Waals surface area contributed by atoms with Crippen LogP contribution in [0.3, 0.4) is 0 Å². The predicted octanol–water partition coefficient (Wildman–Crippen LogP) is 0.778. The molecule has 1 aromatic heterocycles. The van der Waals surface area contributed by atoms with Crippen molar-refractivity contribution in [1.29, 1.82) is 0 Å². The Morgan fingerprint density at radius 3 is 2.38 bits per heavy atom. The predicted molar refractivity (Wildman–Crippen MR) is 82.8 cm³/mol. The maximum atomic E-state index is 9.19. The van der Waals surface area contributed by atoms with Gasteiger partial charge in [0.05, 0.1) is 19.5 Å². The Balaban J connectivity index is 2.45. The van der Waals surface area contributed by atoms with Crippen LogP contribution < -0.4 is 16.4 Å². The molecule has 0 aliphatic rings. The van der Waals surface area contributed by atoms with Crippen LogP contribution in [0, 0.1) is 0 Å². The molecule has 0 saturated heterocycles. The standard InChI is InChI=1S/C15H21N3O3/c16-9-11-7-15(21-10-11)13-8-12(17)1-2-14(13)18(3-5-19)4-6-20/h1-2,7-8,10,19-20H,3-6,9,16-17H2. The summed E-state index contributed by atoms with van der Waals surface area (Å²) in [5, 5.41) is 18.4. The topological polar surface area (TPSA) is 109 Å². The molecule has 6 heteroatoms. The maximum Gasteiger partial charge on any atom is 0.136 e. The van der Waals surface area contributed by atoms with Crippen molar-refractivity contribution >= 4 is 11.4 Å². The zero-order valence-electron chi connectivity index (χ0n) is 11.8. The molecule has 1 heterocycles. The van der Waals surface area contributed by atoms with E-state index < -0.39 is 0 Å². The third-order valence-corrected chi connectivity index (χ3v) is 3.26. The molecular weight excluding hydrogens is 270 g/mol. The fourth-order valence-corrected chi connectivity index (χ4v) is 2.24. The van der Waals surface area contributed by atoms with Gasteiger partial charge >= 0.3 is 0 Å². The van der Waals surface area contributed by atoms with Crippen molar-refractivity contribution < 1.29 is 14.6 Å². The molecule has 0 radical (unpaired) electrons. The Bertz CT molecular complexity index is 577. The van der Waals surface area contributed by atoms with Crippen molar-refractivity contribution in [3.63, 3.8) is 0 Å². The van der Waals surface area contributed by atoms with E-state index in [9.17, 15) is 10.2 Å². The summed E-state index contributed by atoms with van der Waals surface area (Å²) >= 11 is 0. The van der Waals surface area contributed by atoms with Crippen LogP contribution in [0.15, 0.2) is 34.9 Å². The van der Waals surface area contributed by atoms with E-state index in [4.69, 9.17) is 15.9 Å². The SMILES string of the molecule is NCc1coc(-c2cc(N)ccc2N(CCO)CCO)c1. The van der Waals surface area contributed by atoms with Gasteiger partial charge in [-0.25, -0.2) is 0 Å². The highest BCUT2D eigenvalue weighted by Crippen LogP contribution is 2.33. The molecule has 0 atom stereocenters. The highest BCUT2D eigenvalue weighted by Gasteiger charge is 2.15. The molecule has 114 valence electrons. The van der Waals surface area contributed by atoms with Crippen molar-refractivity contribution in [2.75, 3.05) is 36.9 Å². The van der Waals surface area contributed by atoms with Gasteiger partial charge in [0.15, 0.2) is 0 Å². The summed E-state index contributed by atoms with van der Waals surface area (Å²) in [6, 6.07) is 7.33. The Kier molecular flexibility index (Phi) is 5.21. The third kappa shape index (κ3) is 3.55. The van der Waals surface area contributed by atoms with Crippen LogP contribution in [0.2, 0.25) is 0 Å². The summed E-state index contributed by atoms with van der Waals surface area (Å²) in [4.78, 5) is 1.89. The zero-order chi connectivity index (χ0) is 15.2. The van der Waals surface area contributed by atoms with Crippen molar-refractivity contribution in [1.82, 2.24) is 0 Å². The smallest absolute Gasteiger partial charge is 0.136 e. The molecular formula is C15H21N3O3. The summed E-state index contributed by atoms with van der Waals surface area (Å²) < 4.78 is 5.56. The second-order valence-corrected chi connectivity index (χ2v) is 4.73. The number of nitrogens with zero attached hydrogens (tertiary/aromatic N) is 1. The lowest BCUT2D eigenvalue weighted by molar-refractivity contribution is 0.281. The molecule has 6 N–H and O–H groups in total. The van der Waals surface area contributed by atoms with Gasteiger partial charge in [0.2, 0.25) is 0 Å². The molecule has 6 nitrogen and oxygen atoms in total. The first-order valence-electron chi connectivity index (χ1n) is 6.83. The largest absolute Gasteiger partial charge is 0.464 e. The fourth-order valence-electron chi connectivity index (χ4n) is 2.24. The van der Waals surface area contributed by atoms with Crippen molar-refractivity contribution in [2.24, 2.45) is 5.73 Å². The van der Waals surface area contributed by atoms with E-state index in [0.29, 0.717) is 31.1 Å². The second kappa shape index (κ2) is 7.12. The number of anilines is 2. The lowest BCUT2D eigenvalue weighted by Gasteiger charge is -2.25. The number of nitrogens with two attached hydrogens (primary N) is 2. The second-order valence-electron chi connectivity index (χ2n) is 4.73. The Morgan fingerprint density at radius 2 is 1.81 bits per heavy atom. The molecule has 2 rings (SSSR count).